The van der Waals surface area contributed by atoms with E-state index in [0.29, 0.717) is 6.42 Å². The summed E-state index contributed by atoms with van der Waals surface area (Å²) < 4.78 is 4.86. The molecule has 0 aromatic heterocycles. The van der Waals surface area contributed by atoms with Crippen LogP contribution in [0.2, 0.25) is 0 Å². The highest BCUT2D eigenvalue weighted by Crippen LogP contribution is 2.13. The molecule has 0 fully saturated rings. The summed E-state index contributed by atoms with van der Waals surface area (Å²) in [5.41, 5.74) is 0. The van der Waals surface area contributed by atoms with E-state index in [1.807, 2.05) is 0 Å². The Kier molecular flexibility index (Phi) is 10.7. The van der Waals surface area contributed by atoms with E-state index in [1.54, 1.807) is 0 Å². The predicted octanol–water partition coefficient (Wildman–Crippen LogP) is 3.89. The lowest BCUT2D eigenvalue weighted by Gasteiger charge is -2.10. The third-order valence-electron chi connectivity index (χ3n) is 2.99. The molecule has 0 aromatic rings. The van der Waals surface area contributed by atoms with Crippen LogP contribution in [0, 0.1) is 5.92 Å². The van der Waals surface area contributed by atoms with Crippen molar-refractivity contribution in [2.45, 2.75) is 78.2 Å². The second-order valence-electron chi connectivity index (χ2n) is 5.38. The van der Waals surface area contributed by atoms with E-state index in [-0.39, 0.29) is 5.97 Å². The number of hydrogen-bond donors (Lipinski definition) is 0. The average Bonchev–Trinajstić information content (AvgIpc) is 2.30. The third-order valence-corrected chi connectivity index (χ3v) is 2.99. The van der Waals surface area contributed by atoms with Crippen molar-refractivity contribution in [3.8, 4) is 0 Å². The minimum atomic E-state index is -0.538. The van der Waals surface area contributed by atoms with E-state index in [9.17, 15) is 9.59 Å². The molecule has 0 radical (unpaired) electrons. The van der Waals surface area contributed by atoms with Crippen molar-refractivity contribution in [3.63, 3.8) is 0 Å². The first-order valence-electron chi connectivity index (χ1n) is 7.18. The van der Waals surface area contributed by atoms with Crippen molar-refractivity contribution in [2.75, 3.05) is 0 Å². The maximum atomic E-state index is 10.7. The molecule has 0 aliphatic carbocycles. The van der Waals surface area contributed by atoms with Crippen LogP contribution in [-0.4, -0.2) is 18.4 Å². The second kappa shape index (κ2) is 11.2. The lowest BCUT2D eigenvalue weighted by atomic mass is 10.0. The maximum Gasteiger partial charge on any atom is 0.303 e. The summed E-state index contributed by atoms with van der Waals surface area (Å²) in [4.78, 5) is 21.3. The molecule has 3 heteroatoms. The molecule has 0 N–H and O–H groups in total. The normalized spacial score (nSPS) is 12.4. The number of rotatable bonds is 11. The maximum absolute atomic E-state index is 10.7. The third kappa shape index (κ3) is 11.6. The van der Waals surface area contributed by atoms with E-state index >= 15 is 0 Å². The van der Waals surface area contributed by atoms with Gasteiger partial charge in [-0.25, -0.2) is 0 Å². The smallest absolute Gasteiger partial charge is 0.303 e. The summed E-state index contributed by atoms with van der Waals surface area (Å²) in [6, 6.07) is 0. The van der Waals surface area contributed by atoms with Gasteiger partial charge in [-0.15, -0.1) is 0 Å². The molecule has 18 heavy (non-hydrogen) atoms. The van der Waals surface area contributed by atoms with Crippen LogP contribution in [0.15, 0.2) is 0 Å². The summed E-state index contributed by atoms with van der Waals surface area (Å²) in [7, 11) is 0. The van der Waals surface area contributed by atoms with Crippen molar-refractivity contribution in [1.29, 1.82) is 0 Å². The number of aldehydes is 1. The van der Waals surface area contributed by atoms with Crippen LogP contribution in [0.1, 0.15) is 72.1 Å². The molecule has 0 rings (SSSR count). The van der Waals surface area contributed by atoms with Gasteiger partial charge in [0.15, 0.2) is 12.4 Å². The molecule has 1 unspecified atom stereocenters. The quantitative estimate of drug-likeness (QED) is 0.320. The highest BCUT2D eigenvalue weighted by Gasteiger charge is 2.09. The van der Waals surface area contributed by atoms with Gasteiger partial charge < -0.3 is 4.74 Å². The average molecular weight is 256 g/mol. The predicted molar refractivity (Wildman–Crippen MR) is 73.4 cm³/mol. The zero-order valence-electron chi connectivity index (χ0n) is 12.1. The van der Waals surface area contributed by atoms with Gasteiger partial charge in [-0.05, 0) is 18.8 Å². The van der Waals surface area contributed by atoms with E-state index in [2.05, 4.69) is 13.8 Å². The highest BCUT2D eigenvalue weighted by molar-refractivity contribution is 5.69. The van der Waals surface area contributed by atoms with E-state index in [0.717, 1.165) is 25.0 Å². The second-order valence-corrected chi connectivity index (χ2v) is 5.38. The van der Waals surface area contributed by atoms with Crippen molar-refractivity contribution >= 4 is 12.3 Å². The van der Waals surface area contributed by atoms with Gasteiger partial charge in [-0.2, -0.15) is 0 Å². The van der Waals surface area contributed by atoms with Crippen LogP contribution in [0.25, 0.3) is 0 Å². The zero-order chi connectivity index (χ0) is 13.8. The first-order valence-corrected chi connectivity index (χ1v) is 7.18. The fourth-order valence-electron chi connectivity index (χ4n) is 1.97. The van der Waals surface area contributed by atoms with Gasteiger partial charge in [0, 0.05) is 6.92 Å². The first kappa shape index (κ1) is 17.1. The van der Waals surface area contributed by atoms with E-state index in [1.165, 1.54) is 39.0 Å². The van der Waals surface area contributed by atoms with Gasteiger partial charge in [0.2, 0.25) is 0 Å². The molecular formula is C15H28O3. The minimum Gasteiger partial charge on any atom is -0.455 e. The van der Waals surface area contributed by atoms with Crippen molar-refractivity contribution < 1.29 is 14.3 Å². The molecule has 0 amide bonds. The van der Waals surface area contributed by atoms with E-state index in [4.69, 9.17) is 4.74 Å². The van der Waals surface area contributed by atoms with E-state index < -0.39 is 6.10 Å². The molecule has 0 saturated heterocycles. The summed E-state index contributed by atoms with van der Waals surface area (Å²) in [6.07, 6.45) is 9.35. The fraction of sp³-hybridized carbons (Fsp3) is 0.867. The molecule has 0 bridgehead atoms. The molecule has 0 saturated carbocycles. The zero-order valence-corrected chi connectivity index (χ0v) is 12.1. The molecular weight excluding hydrogens is 228 g/mol. The Balaban J connectivity index is 3.33. The van der Waals surface area contributed by atoms with Crippen molar-refractivity contribution in [1.82, 2.24) is 0 Å². The topological polar surface area (TPSA) is 43.4 Å². The number of ether oxygens (including phenoxy) is 1. The van der Waals surface area contributed by atoms with Gasteiger partial charge in [0.1, 0.15) is 0 Å². The number of hydrogen-bond acceptors (Lipinski definition) is 3. The molecule has 0 aliphatic rings. The summed E-state index contributed by atoms with van der Waals surface area (Å²) >= 11 is 0. The Hall–Kier alpha value is -0.860. The van der Waals surface area contributed by atoms with Crippen LogP contribution in [0.5, 0.6) is 0 Å². The number of carbonyl (C=O) groups is 2. The van der Waals surface area contributed by atoms with Gasteiger partial charge in [-0.1, -0.05) is 52.4 Å². The lowest BCUT2D eigenvalue weighted by Crippen LogP contribution is -2.17. The monoisotopic (exact) mass is 256 g/mol. The molecule has 0 aliphatic heterocycles. The Bertz CT molecular complexity index is 224. The molecule has 1 atom stereocenters. The van der Waals surface area contributed by atoms with Crippen LogP contribution < -0.4 is 0 Å². The van der Waals surface area contributed by atoms with Gasteiger partial charge in [0.05, 0.1) is 0 Å². The van der Waals surface area contributed by atoms with Gasteiger partial charge in [0.25, 0.3) is 0 Å². The summed E-state index contributed by atoms with van der Waals surface area (Å²) in [6.45, 7) is 5.86. The Morgan fingerprint density at radius 1 is 1.00 bits per heavy atom. The Morgan fingerprint density at radius 2 is 1.50 bits per heavy atom. The molecule has 0 aromatic carbocycles. The van der Waals surface area contributed by atoms with Crippen molar-refractivity contribution in [3.05, 3.63) is 0 Å². The SMILES string of the molecule is CC(=O)OC(C=O)CCCCCCCCC(C)C. The molecule has 0 spiro atoms. The number of esters is 1. The van der Waals surface area contributed by atoms with Gasteiger partial charge >= 0.3 is 5.97 Å². The number of unbranched alkanes of at least 4 members (excludes halogenated alkanes) is 5. The van der Waals surface area contributed by atoms with Crippen LogP contribution in [0.4, 0.5) is 0 Å². The fourth-order valence-corrected chi connectivity index (χ4v) is 1.97. The largest absolute Gasteiger partial charge is 0.455 e. The number of carbonyl (C=O) groups excluding carboxylic acids is 2. The van der Waals surface area contributed by atoms with Gasteiger partial charge in [-0.3, -0.25) is 9.59 Å². The minimum absolute atomic E-state index is 0.374. The van der Waals surface area contributed by atoms with Crippen LogP contribution >= 0.6 is 0 Å². The molecule has 0 heterocycles. The lowest BCUT2D eigenvalue weighted by molar-refractivity contribution is -0.149. The first-order chi connectivity index (χ1) is 8.56. The molecule has 3 nitrogen and oxygen atoms in total. The van der Waals surface area contributed by atoms with Crippen molar-refractivity contribution in [2.24, 2.45) is 5.92 Å². The Labute approximate surface area is 111 Å². The van der Waals surface area contributed by atoms with Crippen LogP contribution in [0.3, 0.4) is 0 Å². The molecule has 106 valence electrons. The summed E-state index contributed by atoms with van der Waals surface area (Å²) in [5.74, 6) is 0.433. The standard InChI is InChI=1S/C15H28O3/c1-13(2)10-8-6-4-5-7-9-11-15(12-16)18-14(3)17/h12-13,15H,4-11H2,1-3H3. The van der Waals surface area contributed by atoms with Crippen LogP contribution in [-0.2, 0) is 14.3 Å². The highest BCUT2D eigenvalue weighted by atomic mass is 16.5. The summed E-state index contributed by atoms with van der Waals surface area (Å²) in [5, 5.41) is 0. The Morgan fingerprint density at radius 3 is 1.94 bits per heavy atom.